The van der Waals surface area contributed by atoms with Gasteiger partial charge in [-0.3, -0.25) is 0 Å². The lowest BCUT2D eigenvalue weighted by Crippen LogP contribution is -2.10. The van der Waals surface area contributed by atoms with Crippen LogP contribution in [0.15, 0.2) is 61.1 Å². The average Bonchev–Trinajstić information content (AvgIpc) is 3.18. The van der Waals surface area contributed by atoms with E-state index in [0.29, 0.717) is 22.8 Å². The Hall–Kier alpha value is -3.22. The first-order chi connectivity index (χ1) is 14.7. The molecule has 0 aliphatic carbocycles. The van der Waals surface area contributed by atoms with Crippen LogP contribution in [-0.4, -0.2) is 24.6 Å². The van der Waals surface area contributed by atoms with Gasteiger partial charge in [0.15, 0.2) is 5.82 Å². The highest BCUT2D eigenvalue weighted by Crippen LogP contribution is 2.30. The van der Waals surface area contributed by atoms with Crippen LogP contribution in [0.5, 0.6) is 0 Å². The van der Waals surface area contributed by atoms with Crippen LogP contribution in [0.25, 0.3) is 17.0 Å². The first-order valence-electron chi connectivity index (χ1n) is 8.96. The summed E-state index contributed by atoms with van der Waals surface area (Å²) in [5.41, 5.74) is 1.10. The first kappa shape index (κ1) is 21.0. The number of fused-ring (bicyclic) bond motifs is 1. The number of hydrogen-bond donors (Lipinski definition) is 2. The van der Waals surface area contributed by atoms with Gasteiger partial charge in [0, 0.05) is 24.2 Å². The van der Waals surface area contributed by atoms with Crippen molar-refractivity contribution in [1.29, 1.82) is 0 Å². The zero-order valence-corrected chi connectivity index (χ0v) is 18.2. The Morgan fingerprint density at radius 3 is 2.71 bits per heavy atom. The van der Waals surface area contributed by atoms with Gasteiger partial charge in [0.1, 0.15) is 22.7 Å². The minimum Gasteiger partial charge on any atom is -0.345 e. The first-order valence-corrected chi connectivity index (χ1v) is 10.0. The second-order valence-corrected chi connectivity index (χ2v) is 7.77. The second-order valence-electron chi connectivity index (χ2n) is 6.61. The van der Waals surface area contributed by atoms with Crippen molar-refractivity contribution in [2.75, 3.05) is 10.6 Å². The summed E-state index contributed by atoms with van der Waals surface area (Å²) in [7, 11) is 0. The molecule has 4 rings (SSSR count). The molecule has 2 N–H and O–H groups in total. The van der Waals surface area contributed by atoms with Gasteiger partial charge in [0.2, 0.25) is 5.82 Å². The minimum atomic E-state index is -4.56. The summed E-state index contributed by atoms with van der Waals surface area (Å²) in [4.78, 5) is 12.5. The number of nitrogens with zero attached hydrogens (tertiary/aromatic N) is 5. The highest BCUT2D eigenvalue weighted by Gasteiger charge is 2.32. The molecule has 4 aromatic heterocycles. The van der Waals surface area contributed by atoms with E-state index in [1.807, 2.05) is 6.92 Å². The monoisotopic (exact) mass is 537 g/mol. The van der Waals surface area contributed by atoms with Crippen LogP contribution in [0.4, 0.5) is 30.5 Å². The van der Waals surface area contributed by atoms with Crippen LogP contribution in [0, 0.1) is 3.57 Å². The third kappa shape index (κ3) is 4.60. The fourth-order valence-corrected chi connectivity index (χ4v) is 3.23. The van der Waals surface area contributed by atoms with Gasteiger partial charge in [-0.25, -0.2) is 19.5 Å². The molecule has 0 spiro atoms. The van der Waals surface area contributed by atoms with Crippen molar-refractivity contribution in [3.63, 3.8) is 0 Å². The molecule has 0 saturated heterocycles. The highest BCUT2D eigenvalue weighted by molar-refractivity contribution is 14.1. The predicted octanol–water partition coefficient (Wildman–Crippen LogP) is 5.50. The minimum absolute atomic E-state index is 0.0162. The van der Waals surface area contributed by atoms with Gasteiger partial charge in [0.05, 0.1) is 9.26 Å². The molecular weight excluding hydrogens is 522 g/mol. The van der Waals surface area contributed by atoms with Gasteiger partial charge < -0.3 is 10.6 Å². The molecule has 0 bridgehead atoms. The van der Waals surface area contributed by atoms with Crippen LogP contribution in [0.3, 0.4) is 0 Å². The second kappa shape index (κ2) is 8.13. The fourth-order valence-electron chi connectivity index (χ4n) is 2.80. The highest BCUT2D eigenvalue weighted by atomic mass is 127. The summed E-state index contributed by atoms with van der Waals surface area (Å²) in [5, 5.41) is 10.6. The summed E-state index contributed by atoms with van der Waals surface area (Å²) >= 11 is 2.13. The van der Waals surface area contributed by atoms with Crippen LogP contribution in [-0.2, 0) is 6.18 Å². The molecule has 0 unspecified atom stereocenters. The maximum Gasteiger partial charge on any atom is 0.433 e. The van der Waals surface area contributed by atoms with Crippen molar-refractivity contribution in [3.8, 4) is 11.5 Å². The third-order valence-corrected chi connectivity index (χ3v) is 4.97. The standard InChI is InChI=1S/C20H15F3IN7/c1-11(2)26-17-9-14(12(24)10-25-17)28-19-15-6-4-8-31(15)30-18(29-19)13-5-3-7-16(27-13)20(21,22)23/h3-10H,1H2,2H3,(H2,25,26,28,29,30). The van der Waals surface area contributed by atoms with E-state index in [0.717, 1.165) is 15.3 Å². The van der Waals surface area contributed by atoms with E-state index in [-0.39, 0.29) is 11.5 Å². The van der Waals surface area contributed by atoms with Crippen molar-refractivity contribution in [1.82, 2.24) is 24.6 Å². The van der Waals surface area contributed by atoms with Crippen molar-refractivity contribution >= 4 is 45.4 Å². The largest absolute Gasteiger partial charge is 0.433 e. The molecule has 0 aromatic carbocycles. The number of halogens is 4. The van der Waals surface area contributed by atoms with Crippen molar-refractivity contribution < 1.29 is 13.2 Å². The van der Waals surface area contributed by atoms with Crippen LogP contribution in [0.2, 0.25) is 0 Å². The van der Waals surface area contributed by atoms with Crippen molar-refractivity contribution in [3.05, 3.63) is 70.3 Å². The quantitative estimate of drug-likeness (QED) is 0.328. The average molecular weight is 537 g/mol. The molecule has 0 amide bonds. The molecule has 4 aromatic rings. The lowest BCUT2D eigenvalue weighted by molar-refractivity contribution is -0.141. The lowest BCUT2D eigenvalue weighted by atomic mass is 10.3. The summed E-state index contributed by atoms with van der Waals surface area (Å²) in [6.07, 6.45) is -1.20. The molecular formula is C20H15F3IN7. The maximum atomic E-state index is 13.1. The Bertz CT molecular complexity index is 1280. The fraction of sp³-hybridized carbons (Fsp3) is 0.100. The molecule has 0 atom stereocenters. The van der Waals surface area contributed by atoms with Gasteiger partial charge in [-0.05, 0) is 53.8 Å². The van der Waals surface area contributed by atoms with E-state index in [9.17, 15) is 13.2 Å². The number of anilines is 3. The number of nitrogens with one attached hydrogen (secondary N) is 2. The predicted molar refractivity (Wildman–Crippen MR) is 120 cm³/mol. The summed E-state index contributed by atoms with van der Waals surface area (Å²) in [6.45, 7) is 5.62. The normalized spacial score (nSPS) is 11.5. The number of hydrogen-bond acceptors (Lipinski definition) is 6. The molecule has 0 aliphatic heterocycles. The smallest absolute Gasteiger partial charge is 0.345 e. The number of pyridine rings is 2. The molecule has 0 aliphatic rings. The summed E-state index contributed by atoms with van der Waals surface area (Å²) in [6, 6.07) is 8.99. The van der Waals surface area contributed by atoms with Crippen LogP contribution in [0.1, 0.15) is 12.6 Å². The number of alkyl halides is 3. The van der Waals surface area contributed by atoms with E-state index < -0.39 is 11.9 Å². The van der Waals surface area contributed by atoms with E-state index in [1.54, 1.807) is 30.6 Å². The molecule has 7 nitrogen and oxygen atoms in total. The molecule has 158 valence electrons. The van der Waals surface area contributed by atoms with E-state index in [1.165, 1.54) is 16.6 Å². The van der Waals surface area contributed by atoms with Crippen molar-refractivity contribution in [2.24, 2.45) is 0 Å². The SMILES string of the molecule is C=C(C)Nc1cc(Nc2nc(-c3cccc(C(F)(F)F)n3)nn3cccc23)c(I)cn1. The zero-order valence-electron chi connectivity index (χ0n) is 16.1. The van der Waals surface area contributed by atoms with Crippen LogP contribution >= 0.6 is 22.6 Å². The number of allylic oxidation sites excluding steroid dienone is 1. The molecule has 11 heteroatoms. The van der Waals surface area contributed by atoms with Gasteiger partial charge in [-0.15, -0.1) is 5.10 Å². The van der Waals surface area contributed by atoms with Gasteiger partial charge >= 0.3 is 6.18 Å². The number of aromatic nitrogens is 5. The zero-order chi connectivity index (χ0) is 22.2. The summed E-state index contributed by atoms with van der Waals surface area (Å²) in [5.74, 6) is 1.07. The Labute approximate surface area is 188 Å². The lowest BCUT2D eigenvalue weighted by Gasteiger charge is -2.13. The van der Waals surface area contributed by atoms with Gasteiger partial charge in [0.25, 0.3) is 0 Å². The topological polar surface area (TPSA) is 80.0 Å². The van der Waals surface area contributed by atoms with E-state index in [4.69, 9.17) is 0 Å². The summed E-state index contributed by atoms with van der Waals surface area (Å²) < 4.78 is 41.6. The Kier molecular flexibility index (Phi) is 5.52. The molecule has 4 heterocycles. The van der Waals surface area contributed by atoms with Gasteiger partial charge in [-0.1, -0.05) is 12.6 Å². The van der Waals surface area contributed by atoms with Gasteiger partial charge in [-0.2, -0.15) is 13.2 Å². The molecule has 31 heavy (non-hydrogen) atoms. The Morgan fingerprint density at radius 2 is 1.97 bits per heavy atom. The van der Waals surface area contributed by atoms with Crippen LogP contribution < -0.4 is 10.6 Å². The third-order valence-electron chi connectivity index (χ3n) is 4.11. The molecule has 0 fully saturated rings. The van der Waals surface area contributed by atoms with E-state index in [2.05, 4.69) is 59.9 Å². The molecule has 0 radical (unpaired) electrons. The molecule has 0 saturated carbocycles. The number of rotatable bonds is 5. The maximum absolute atomic E-state index is 13.1. The Balaban J connectivity index is 1.78. The van der Waals surface area contributed by atoms with Crippen molar-refractivity contribution in [2.45, 2.75) is 13.1 Å². The Morgan fingerprint density at radius 1 is 1.16 bits per heavy atom. The van der Waals surface area contributed by atoms with E-state index >= 15 is 0 Å².